The van der Waals surface area contributed by atoms with Crippen molar-refractivity contribution in [1.82, 2.24) is 9.97 Å². The van der Waals surface area contributed by atoms with Crippen molar-refractivity contribution in [2.24, 2.45) is 11.7 Å². The lowest BCUT2D eigenvalue weighted by Crippen LogP contribution is -2.39. The standard InChI is InChI=1S/C30H29N5O6.ClH/c1-18(2)29(31)30(36)34-21-7-12-27(32-16-21)40-24-9-11-26-20(15-24)6-10-25(41-26)19-4-3-5-23(14-19)39-28-13-8-22(17-33-28)35(37)38;/h3-5,7-9,11-18,25,29H,6,10,31H2,1-2H3,(H,34,36);1H. The fourth-order valence-electron chi connectivity index (χ4n) is 4.27. The molecule has 1 aliphatic rings. The smallest absolute Gasteiger partial charge is 0.287 e. The molecule has 218 valence electrons. The van der Waals surface area contributed by atoms with Crippen molar-refractivity contribution in [3.63, 3.8) is 0 Å². The van der Waals surface area contributed by atoms with Crippen LogP contribution in [0.15, 0.2) is 79.1 Å². The number of nitrogens with one attached hydrogen (secondary N) is 1. The summed E-state index contributed by atoms with van der Waals surface area (Å²) in [6.45, 7) is 3.78. The highest BCUT2D eigenvalue weighted by molar-refractivity contribution is 5.94. The van der Waals surface area contributed by atoms with Crippen LogP contribution in [0.1, 0.15) is 37.5 Å². The first-order chi connectivity index (χ1) is 19.7. The van der Waals surface area contributed by atoms with Crippen molar-refractivity contribution < 1.29 is 23.9 Å². The van der Waals surface area contributed by atoms with Crippen LogP contribution >= 0.6 is 12.4 Å². The zero-order valence-corrected chi connectivity index (χ0v) is 23.7. The van der Waals surface area contributed by atoms with Gasteiger partial charge in [-0.2, -0.15) is 0 Å². The van der Waals surface area contributed by atoms with Gasteiger partial charge >= 0.3 is 0 Å². The van der Waals surface area contributed by atoms with E-state index in [1.165, 1.54) is 18.3 Å². The Balaban J connectivity index is 0.00000405. The number of ether oxygens (including phenoxy) is 3. The van der Waals surface area contributed by atoms with Crippen LogP contribution in [0, 0.1) is 16.0 Å². The first-order valence-electron chi connectivity index (χ1n) is 13.1. The molecule has 1 amide bonds. The number of hydrogen-bond acceptors (Lipinski definition) is 9. The predicted octanol–water partition coefficient (Wildman–Crippen LogP) is 6.38. The summed E-state index contributed by atoms with van der Waals surface area (Å²) in [6, 6.07) is 18.8. The minimum Gasteiger partial charge on any atom is -0.485 e. The van der Waals surface area contributed by atoms with E-state index in [2.05, 4.69) is 15.3 Å². The van der Waals surface area contributed by atoms with Crippen LogP contribution in [0.3, 0.4) is 0 Å². The van der Waals surface area contributed by atoms with Gasteiger partial charge in [-0.1, -0.05) is 26.0 Å². The van der Waals surface area contributed by atoms with Crippen LogP contribution in [0.5, 0.6) is 29.0 Å². The first-order valence-corrected chi connectivity index (χ1v) is 13.1. The molecule has 2 atom stereocenters. The quantitative estimate of drug-likeness (QED) is 0.167. The Hall–Kier alpha value is -4.74. The van der Waals surface area contributed by atoms with Gasteiger partial charge in [-0.15, -0.1) is 12.4 Å². The third-order valence-electron chi connectivity index (χ3n) is 6.61. The number of aromatic nitrogens is 2. The average Bonchev–Trinajstić information content (AvgIpc) is 2.98. The number of carbonyl (C=O) groups excluding carboxylic acids is 1. The van der Waals surface area contributed by atoms with E-state index in [4.69, 9.17) is 19.9 Å². The minimum atomic E-state index is -0.597. The number of fused-ring (bicyclic) bond motifs is 1. The molecule has 11 nitrogen and oxygen atoms in total. The van der Waals surface area contributed by atoms with Crippen molar-refractivity contribution in [2.75, 3.05) is 5.32 Å². The number of rotatable bonds is 9. The summed E-state index contributed by atoms with van der Waals surface area (Å²) in [5, 5.41) is 13.6. The molecule has 5 rings (SSSR count). The third-order valence-corrected chi connectivity index (χ3v) is 6.61. The second kappa shape index (κ2) is 13.3. The minimum absolute atomic E-state index is 0. The number of benzene rings is 2. The molecule has 2 aromatic carbocycles. The van der Waals surface area contributed by atoms with Crippen LogP contribution in [-0.4, -0.2) is 26.8 Å². The molecule has 0 fully saturated rings. The van der Waals surface area contributed by atoms with Crippen molar-refractivity contribution in [1.29, 1.82) is 0 Å². The van der Waals surface area contributed by atoms with Gasteiger partial charge < -0.3 is 25.3 Å². The lowest BCUT2D eigenvalue weighted by atomic mass is 9.97. The van der Waals surface area contributed by atoms with E-state index in [9.17, 15) is 14.9 Å². The second-order valence-electron chi connectivity index (χ2n) is 9.95. The maximum Gasteiger partial charge on any atom is 0.287 e. The molecule has 0 saturated heterocycles. The average molecular weight is 592 g/mol. The number of amides is 1. The fourth-order valence-corrected chi connectivity index (χ4v) is 4.27. The summed E-state index contributed by atoms with van der Waals surface area (Å²) < 4.78 is 18.0. The topological polar surface area (TPSA) is 152 Å². The number of nitrogens with two attached hydrogens (primary N) is 1. The van der Waals surface area contributed by atoms with Gasteiger partial charge in [0.15, 0.2) is 0 Å². The number of anilines is 1. The van der Waals surface area contributed by atoms with Gasteiger partial charge in [-0.05, 0) is 66.3 Å². The lowest BCUT2D eigenvalue weighted by Gasteiger charge is -2.27. The number of nitrogens with zero attached hydrogens (tertiary/aromatic N) is 3. The maximum atomic E-state index is 12.2. The Morgan fingerprint density at radius 1 is 1.02 bits per heavy atom. The van der Waals surface area contributed by atoms with Gasteiger partial charge in [0.25, 0.3) is 5.69 Å². The SMILES string of the molecule is CC(C)C(N)C(=O)Nc1ccc(Oc2ccc3c(c2)CCC(c2cccc(Oc4ccc([N+](=O)[O-])cn4)c2)O3)nc1.Cl. The Morgan fingerprint density at radius 2 is 1.74 bits per heavy atom. The zero-order chi connectivity index (χ0) is 28.9. The van der Waals surface area contributed by atoms with Gasteiger partial charge in [-0.25, -0.2) is 9.97 Å². The highest BCUT2D eigenvalue weighted by Crippen LogP contribution is 2.38. The summed E-state index contributed by atoms with van der Waals surface area (Å²) in [6.07, 6.45) is 4.05. The van der Waals surface area contributed by atoms with E-state index in [0.29, 0.717) is 23.1 Å². The largest absolute Gasteiger partial charge is 0.485 e. The van der Waals surface area contributed by atoms with E-state index in [1.54, 1.807) is 18.2 Å². The monoisotopic (exact) mass is 591 g/mol. The second-order valence-corrected chi connectivity index (χ2v) is 9.95. The molecule has 42 heavy (non-hydrogen) atoms. The van der Waals surface area contributed by atoms with Crippen molar-refractivity contribution in [3.05, 3.63) is 100 Å². The van der Waals surface area contributed by atoms with Gasteiger partial charge in [0.05, 0.1) is 22.8 Å². The molecule has 3 N–H and O–H groups in total. The molecule has 2 unspecified atom stereocenters. The predicted molar refractivity (Wildman–Crippen MR) is 159 cm³/mol. The summed E-state index contributed by atoms with van der Waals surface area (Å²) >= 11 is 0. The van der Waals surface area contributed by atoms with Crippen molar-refractivity contribution in [3.8, 4) is 29.0 Å². The molecule has 0 aliphatic carbocycles. The number of carbonyl (C=O) groups is 1. The summed E-state index contributed by atoms with van der Waals surface area (Å²) in [4.78, 5) is 30.8. The molecule has 2 aromatic heterocycles. The summed E-state index contributed by atoms with van der Waals surface area (Å²) in [7, 11) is 0. The lowest BCUT2D eigenvalue weighted by molar-refractivity contribution is -0.385. The van der Waals surface area contributed by atoms with Crippen LogP contribution in [0.2, 0.25) is 0 Å². The molecule has 0 radical (unpaired) electrons. The Kier molecular flexibility index (Phi) is 9.56. The molecule has 12 heteroatoms. The molecule has 0 spiro atoms. The Bertz CT molecular complexity index is 1550. The summed E-state index contributed by atoms with van der Waals surface area (Å²) in [5.74, 6) is 2.38. The highest BCUT2D eigenvalue weighted by atomic mass is 35.5. The third kappa shape index (κ3) is 7.31. The van der Waals surface area contributed by atoms with E-state index in [-0.39, 0.29) is 41.9 Å². The number of halogens is 1. The van der Waals surface area contributed by atoms with E-state index < -0.39 is 11.0 Å². The van der Waals surface area contributed by atoms with E-state index in [1.807, 2.05) is 50.2 Å². The van der Waals surface area contributed by atoms with Gasteiger partial charge in [-0.3, -0.25) is 14.9 Å². The normalized spacial score (nSPS) is 14.5. The first kappa shape index (κ1) is 30.2. The van der Waals surface area contributed by atoms with E-state index in [0.717, 1.165) is 35.9 Å². The van der Waals surface area contributed by atoms with Gasteiger partial charge in [0.2, 0.25) is 17.7 Å². The Labute approximate surface area is 248 Å². The maximum absolute atomic E-state index is 12.2. The van der Waals surface area contributed by atoms with Crippen LogP contribution in [0.4, 0.5) is 11.4 Å². The number of pyridine rings is 2. The number of hydrogen-bond donors (Lipinski definition) is 2. The van der Waals surface area contributed by atoms with Crippen molar-refractivity contribution >= 4 is 29.7 Å². The van der Waals surface area contributed by atoms with Crippen LogP contribution in [-0.2, 0) is 11.2 Å². The van der Waals surface area contributed by atoms with Gasteiger partial charge in [0, 0.05) is 18.2 Å². The molecule has 0 bridgehead atoms. The summed E-state index contributed by atoms with van der Waals surface area (Å²) in [5.41, 5.74) is 8.30. The molecular formula is C30H30ClN5O6. The molecular weight excluding hydrogens is 562 g/mol. The van der Waals surface area contributed by atoms with Gasteiger partial charge in [0.1, 0.15) is 29.5 Å². The molecule has 4 aromatic rings. The Morgan fingerprint density at radius 3 is 2.38 bits per heavy atom. The zero-order valence-electron chi connectivity index (χ0n) is 22.9. The molecule has 1 aliphatic heterocycles. The molecule has 3 heterocycles. The van der Waals surface area contributed by atoms with E-state index >= 15 is 0 Å². The van der Waals surface area contributed by atoms with Crippen LogP contribution < -0.4 is 25.3 Å². The van der Waals surface area contributed by atoms with Crippen molar-refractivity contribution in [2.45, 2.75) is 38.8 Å². The number of nitro groups is 1. The highest BCUT2D eigenvalue weighted by Gasteiger charge is 2.23. The fraction of sp³-hybridized carbons (Fsp3) is 0.233. The number of aryl methyl sites for hydroxylation is 1. The molecule has 0 saturated carbocycles. The van der Waals surface area contributed by atoms with Crippen LogP contribution in [0.25, 0.3) is 0 Å².